The third kappa shape index (κ3) is 4.46. The van der Waals surface area contributed by atoms with Crippen molar-refractivity contribution < 1.29 is 17.9 Å². The Morgan fingerprint density at radius 3 is 2.77 bits per heavy atom. The van der Waals surface area contributed by atoms with E-state index in [2.05, 4.69) is 23.3 Å². The van der Waals surface area contributed by atoms with Crippen LogP contribution in [0, 0.1) is 5.92 Å². The van der Waals surface area contributed by atoms with E-state index in [-0.39, 0.29) is 17.1 Å². The van der Waals surface area contributed by atoms with Crippen molar-refractivity contribution >= 4 is 15.8 Å². The number of nitrogens with zero attached hydrogens (tertiary/aromatic N) is 2. The molecule has 2 aromatic rings. The van der Waals surface area contributed by atoms with Crippen LogP contribution in [-0.2, 0) is 37.7 Å². The first-order valence-corrected chi connectivity index (χ1v) is 12.6. The minimum absolute atomic E-state index is 0.0771. The van der Waals surface area contributed by atoms with Crippen molar-refractivity contribution in [2.45, 2.75) is 64.0 Å². The number of hydrogen-bond donors (Lipinski definition) is 0. The maximum absolute atomic E-state index is 12.3. The third-order valence-corrected chi connectivity index (χ3v) is 7.13. The van der Waals surface area contributed by atoms with Gasteiger partial charge in [0.15, 0.2) is 0 Å². The molecule has 6 nitrogen and oxygen atoms in total. The van der Waals surface area contributed by atoms with Crippen LogP contribution < -0.4 is 0 Å². The van der Waals surface area contributed by atoms with Gasteiger partial charge in [0.25, 0.3) is 0 Å². The van der Waals surface area contributed by atoms with Gasteiger partial charge in [-0.15, -0.1) is 0 Å². The highest BCUT2D eigenvalue weighted by Crippen LogP contribution is 2.63. The molecule has 0 aliphatic heterocycles. The lowest BCUT2D eigenvalue weighted by Gasteiger charge is -2.20. The second-order valence-electron chi connectivity index (χ2n) is 9.84. The van der Waals surface area contributed by atoms with Gasteiger partial charge in [0.2, 0.25) is 0 Å². The Morgan fingerprint density at radius 2 is 2.07 bits per heavy atom. The van der Waals surface area contributed by atoms with Crippen molar-refractivity contribution in [1.29, 1.82) is 0 Å². The highest BCUT2D eigenvalue weighted by atomic mass is 32.2. The van der Waals surface area contributed by atoms with Crippen molar-refractivity contribution in [2.24, 2.45) is 5.92 Å². The topological polar surface area (TPSA) is 78.3 Å². The molecule has 7 heteroatoms. The number of fused-ring (bicyclic) bond motifs is 2. The van der Waals surface area contributed by atoms with E-state index in [9.17, 15) is 13.2 Å². The fourth-order valence-corrected chi connectivity index (χ4v) is 5.21. The van der Waals surface area contributed by atoms with Crippen LogP contribution in [0.3, 0.4) is 0 Å². The first-order valence-electron chi connectivity index (χ1n) is 10.5. The monoisotopic (exact) mass is 430 g/mol. The maximum atomic E-state index is 12.3. The van der Waals surface area contributed by atoms with Gasteiger partial charge in [-0.2, -0.15) is 5.10 Å². The lowest BCUT2D eigenvalue weighted by molar-refractivity contribution is -0.155. The minimum atomic E-state index is -3.02. The first kappa shape index (κ1) is 21.1. The smallest absolute Gasteiger partial charge is 0.306 e. The van der Waals surface area contributed by atoms with Crippen LogP contribution in [-0.4, -0.2) is 41.8 Å². The van der Waals surface area contributed by atoms with Crippen LogP contribution >= 0.6 is 0 Å². The van der Waals surface area contributed by atoms with E-state index in [1.54, 1.807) is 10.9 Å². The second kappa shape index (κ2) is 7.22. The maximum Gasteiger partial charge on any atom is 0.306 e. The molecule has 0 amide bonds. The number of ether oxygens (including phenoxy) is 1. The number of hydrogen-bond acceptors (Lipinski definition) is 5. The van der Waals surface area contributed by atoms with Crippen molar-refractivity contribution in [2.75, 3.05) is 12.0 Å². The number of carbonyl (C=O) groups is 1. The summed E-state index contributed by atoms with van der Waals surface area (Å²) < 4.78 is 30.0. The van der Waals surface area contributed by atoms with Gasteiger partial charge in [0.05, 0.1) is 18.5 Å². The van der Waals surface area contributed by atoms with Crippen LogP contribution in [0.25, 0.3) is 11.1 Å². The molecule has 30 heavy (non-hydrogen) atoms. The standard InChI is InChI=1S/C23H30N2O4S/c1-22(2,3)29-21(26)12-19-13-23(19)8-7-16-5-6-17(11-20(16)23)18-14-24-25(15-18)9-10-30(4,27)28/h5-6,11,14-15,19H,7-10,12-13H2,1-4H3. The molecule has 1 aromatic carbocycles. The Hall–Kier alpha value is -2.15. The molecule has 2 aliphatic carbocycles. The molecule has 2 atom stereocenters. The average Bonchev–Trinajstić information content (AvgIpc) is 2.98. The zero-order valence-corrected chi connectivity index (χ0v) is 19.0. The fourth-order valence-electron chi connectivity index (χ4n) is 4.69. The number of carbonyl (C=O) groups excluding carboxylic acids is 1. The van der Waals surface area contributed by atoms with Crippen LogP contribution in [0.5, 0.6) is 0 Å². The van der Waals surface area contributed by atoms with E-state index < -0.39 is 15.4 Å². The third-order valence-electron chi connectivity index (χ3n) is 6.21. The molecule has 0 N–H and O–H groups in total. The zero-order valence-electron chi connectivity index (χ0n) is 18.1. The van der Waals surface area contributed by atoms with Gasteiger partial charge in [-0.3, -0.25) is 9.48 Å². The minimum Gasteiger partial charge on any atom is -0.460 e. The Kier molecular flexibility index (Phi) is 5.08. The summed E-state index contributed by atoms with van der Waals surface area (Å²) >= 11 is 0. The normalized spacial score (nSPS) is 22.9. The summed E-state index contributed by atoms with van der Waals surface area (Å²) in [6, 6.07) is 6.55. The largest absolute Gasteiger partial charge is 0.460 e. The van der Waals surface area contributed by atoms with E-state index in [1.165, 1.54) is 17.4 Å². The number of esters is 1. The summed E-state index contributed by atoms with van der Waals surface area (Å²) in [7, 11) is -3.02. The number of sulfone groups is 1. The lowest BCUT2D eigenvalue weighted by Crippen LogP contribution is -2.24. The molecular formula is C23H30N2O4S. The molecule has 2 aliphatic rings. The molecule has 1 saturated carbocycles. The number of aryl methyl sites for hydroxylation is 2. The van der Waals surface area contributed by atoms with Gasteiger partial charge in [0, 0.05) is 24.4 Å². The summed E-state index contributed by atoms with van der Waals surface area (Å²) in [5.74, 6) is 0.316. The number of benzene rings is 1. The Morgan fingerprint density at radius 1 is 1.30 bits per heavy atom. The van der Waals surface area contributed by atoms with Crippen molar-refractivity contribution in [3.8, 4) is 11.1 Å². The summed E-state index contributed by atoms with van der Waals surface area (Å²) in [6.07, 6.45) is 8.58. The Labute approximate surface area is 178 Å². The summed E-state index contributed by atoms with van der Waals surface area (Å²) in [6.45, 7) is 6.06. The molecule has 1 spiro atoms. The average molecular weight is 431 g/mol. The highest BCUT2D eigenvalue weighted by molar-refractivity contribution is 7.90. The molecule has 1 heterocycles. The van der Waals surface area contributed by atoms with Crippen molar-refractivity contribution in [3.05, 3.63) is 41.7 Å². The van der Waals surface area contributed by atoms with Gasteiger partial charge < -0.3 is 4.74 Å². The SMILES string of the molecule is CC(C)(C)OC(=O)CC1CC12CCc1ccc(-c3cnn(CCS(C)(=O)=O)c3)cc12. The van der Waals surface area contributed by atoms with Crippen molar-refractivity contribution in [1.82, 2.24) is 9.78 Å². The van der Waals surface area contributed by atoms with E-state index in [0.29, 0.717) is 18.9 Å². The Bertz CT molecular complexity index is 1080. The van der Waals surface area contributed by atoms with Crippen LogP contribution in [0.2, 0.25) is 0 Å². The van der Waals surface area contributed by atoms with Gasteiger partial charge >= 0.3 is 5.97 Å². The van der Waals surface area contributed by atoms with E-state index in [1.807, 2.05) is 27.0 Å². The van der Waals surface area contributed by atoms with Gasteiger partial charge in [0.1, 0.15) is 15.4 Å². The highest BCUT2D eigenvalue weighted by Gasteiger charge is 2.58. The molecular weight excluding hydrogens is 400 g/mol. The zero-order chi connectivity index (χ0) is 21.7. The van der Waals surface area contributed by atoms with Crippen LogP contribution in [0.1, 0.15) is 51.2 Å². The molecule has 0 radical (unpaired) electrons. The van der Waals surface area contributed by atoms with E-state index >= 15 is 0 Å². The van der Waals surface area contributed by atoms with Gasteiger partial charge in [-0.1, -0.05) is 18.2 Å². The summed E-state index contributed by atoms with van der Waals surface area (Å²) in [5.41, 5.74) is 4.46. The number of aromatic nitrogens is 2. The van der Waals surface area contributed by atoms with Crippen molar-refractivity contribution in [3.63, 3.8) is 0 Å². The van der Waals surface area contributed by atoms with E-state index in [0.717, 1.165) is 30.4 Å². The molecule has 1 fully saturated rings. The quantitative estimate of drug-likeness (QED) is 0.655. The van der Waals surface area contributed by atoms with Crippen LogP contribution in [0.15, 0.2) is 30.6 Å². The molecule has 2 unspecified atom stereocenters. The predicted molar refractivity (Wildman–Crippen MR) is 116 cm³/mol. The fraction of sp³-hybridized carbons (Fsp3) is 0.565. The first-order chi connectivity index (χ1) is 14.0. The lowest BCUT2D eigenvalue weighted by atomic mass is 9.92. The van der Waals surface area contributed by atoms with Gasteiger partial charge in [-0.05, 0) is 68.1 Å². The summed E-state index contributed by atoms with van der Waals surface area (Å²) in [5, 5.41) is 4.32. The molecule has 0 bridgehead atoms. The van der Waals surface area contributed by atoms with Crippen LogP contribution in [0.4, 0.5) is 0 Å². The molecule has 1 aromatic heterocycles. The van der Waals surface area contributed by atoms with Gasteiger partial charge in [-0.25, -0.2) is 8.42 Å². The molecule has 0 saturated heterocycles. The second-order valence-corrected chi connectivity index (χ2v) is 12.1. The molecule has 4 rings (SSSR count). The Balaban J connectivity index is 1.50. The van der Waals surface area contributed by atoms with E-state index in [4.69, 9.17) is 4.74 Å². The summed E-state index contributed by atoms with van der Waals surface area (Å²) in [4.78, 5) is 12.3. The molecule has 162 valence electrons. The predicted octanol–water partition coefficient (Wildman–Crippen LogP) is 3.53. The number of rotatable bonds is 6.